The molecule has 1 aliphatic heterocycles. The van der Waals surface area contributed by atoms with Gasteiger partial charge in [0, 0.05) is 19.1 Å². The van der Waals surface area contributed by atoms with Gasteiger partial charge in [0.2, 0.25) is 0 Å². The van der Waals surface area contributed by atoms with E-state index in [9.17, 15) is 4.79 Å². The molecule has 23 heavy (non-hydrogen) atoms. The second-order valence-electron chi connectivity index (χ2n) is 6.41. The zero-order valence-electron chi connectivity index (χ0n) is 13.5. The molecular weight excluding hydrogens is 286 g/mol. The van der Waals surface area contributed by atoms with Crippen LogP contribution in [0, 0.1) is 0 Å². The number of hydrogen-bond donors (Lipinski definition) is 2. The third-order valence-corrected chi connectivity index (χ3v) is 4.69. The van der Waals surface area contributed by atoms with Crippen molar-refractivity contribution in [2.75, 3.05) is 19.6 Å². The van der Waals surface area contributed by atoms with Crippen LogP contribution >= 0.6 is 0 Å². The summed E-state index contributed by atoms with van der Waals surface area (Å²) in [6, 6.07) is 15.1. The van der Waals surface area contributed by atoms with Gasteiger partial charge in [-0.25, -0.2) is 4.79 Å². The number of amides is 2. The Bertz CT molecular complexity index is 662. The monoisotopic (exact) mass is 311 g/mol. The van der Waals surface area contributed by atoms with Crippen LogP contribution in [-0.2, 0) is 6.42 Å². The van der Waals surface area contributed by atoms with Gasteiger partial charge < -0.3 is 16.0 Å². The van der Waals surface area contributed by atoms with E-state index in [2.05, 4.69) is 52.7 Å². The van der Waals surface area contributed by atoms with Crippen LogP contribution in [0.4, 0.5) is 4.79 Å². The fourth-order valence-corrected chi connectivity index (χ4v) is 3.40. The molecule has 3 N–H and O–H groups in total. The fraction of sp³-hybridized carbons (Fsp3) is 0.421. The predicted octanol–water partition coefficient (Wildman–Crippen LogP) is 2.91. The van der Waals surface area contributed by atoms with Crippen LogP contribution in [0.1, 0.15) is 24.8 Å². The Hall–Kier alpha value is -2.07. The molecule has 1 fully saturated rings. The number of carbonyl (C=O) groups excluding carboxylic acids is 1. The Morgan fingerprint density at radius 2 is 1.87 bits per heavy atom. The van der Waals surface area contributed by atoms with Crippen LogP contribution in [0.3, 0.4) is 0 Å². The second kappa shape index (κ2) is 7.47. The number of carbonyl (C=O) groups is 1. The SMILES string of the molecule is NC(=O)NC1CCN(CCCc2ccc3ccccc3c2)CC1. The molecule has 0 spiro atoms. The summed E-state index contributed by atoms with van der Waals surface area (Å²) in [6.45, 7) is 3.21. The van der Waals surface area contributed by atoms with Gasteiger partial charge in [-0.15, -0.1) is 0 Å². The molecule has 1 heterocycles. The zero-order valence-corrected chi connectivity index (χ0v) is 13.5. The lowest BCUT2D eigenvalue weighted by Crippen LogP contribution is -2.46. The third kappa shape index (κ3) is 4.45. The molecule has 4 heteroatoms. The van der Waals surface area contributed by atoms with Crippen LogP contribution in [-0.4, -0.2) is 36.6 Å². The van der Waals surface area contributed by atoms with Crippen molar-refractivity contribution in [2.45, 2.75) is 31.7 Å². The number of urea groups is 1. The van der Waals surface area contributed by atoms with E-state index in [-0.39, 0.29) is 6.04 Å². The van der Waals surface area contributed by atoms with Crippen molar-refractivity contribution in [2.24, 2.45) is 5.73 Å². The van der Waals surface area contributed by atoms with Crippen molar-refractivity contribution >= 4 is 16.8 Å². The molecule has 1 saturated heterocycles. The molecule has 0 aliphatic carbocycles. The van der Waals surface area contributed by atoms with Gasteiger partial charge in [0.15, 0.2) is 0 Å². The highest BCUT2D eigenvalue weighted by Gasteiger charge is 2.19. The summed E-state index contributed by atoms with van der Waals surface area (Å²) >= 11 is 0. The Labute approximate surface area is 137 Å². The molecule has 2 aromatic carbocycles. The average Bonchev–Trinajstić information content (AvgIpc) is 2.56. The van der Waals surface area contributed by atoms with E-state index in [1.165, 1.54) is 22.8 Å². The molecule has 3 rings (SSSR count). The average molecular weight is 311 g/mol. The van der Waals surface area contributed by atoms with Crippen molar-refractivity contribution in [1.29, 1.82) is 0 Å². The summed E-state index contributed by atoms with van der Waals surface area (Å²) in [5, 5.41) is 5.44. The first-order valence-corrected chi connectivity index (χ1v) is 8.47. The van der Waals surface area contributed by atoms with Crippen molar-refractivity contribution in [3.63, 3.8) is 0 Å². The summed E-state index contributed by atoms with van der Waals surface area (Å²) in [5.41, 5.74) is 6.59. The summed E-state index contributed by atoms with van der Waals surface area (Å²) in [7, 11) is 0. The number of nitrogens with one attached hydrogen (secondary N) is 1. The summed E-state index contributed by atoms with van der Waals surface area (Å²) in [4.78, 5) is 13.4. The third-order valence-electron chi connectivity index (χ3n) is 4.69. The number of nitrogens with two attached hydrogens (primary N) is 1. The highest BCUT2D eigenvalue weighted by molar-refractivity contribution is 5.82. The van der Waals surface area contributed by atoms with E-state index < -0.39 is 6.03 Å². The number of nitrogens with zero attached hydrogens (tertiary/aromatic N) is 1. The quantitative estimate of drug-likeness (QED) is 0.892. The van der Waals surface area contributed by atoms with Crippen LogP contribution in [0.2, 0.25) is 0 Å². The molecule has 0 aromatic heterocycles. The molecule has 4 nitrogen and oxygen atoms in total. The van der Waals surface area contributed by atoms with Gasteiger partial charge in [-0.1, -0.05) is 42.5 Å². The van der Waals surface area contributed by atoms with Gasteiger partial charge in [-0.05, 0) is 48.6 Å². The van der Waals surface area contributed by atoms with E-state index in [4.69, 9.17) is 5.73 Å². The maximum absolute atomic E-state index is 10.9. The number of fused-ring (bicyclic) bond motifs is 1. The minimum absolute atomic E-state index is 0.254. The number of rotatable bonds is 5. The Kier molecular flexibility index (Phi) is 5.13. The topological polar surface area (TPSA) is 58.4 Å². The van der Waals surface area contributed by atoms with Crippen molar-refractivity contribution < 1.29 is 4.79 Å². The lowest BCUT2D eigenvalue weighted by molar-refractivity contribution is 0.193. The number of benzene rings is 2. The van der Waals surface area contributed by atoms with Crippen molar-refractivity contribution in [3.05, 3.63) is 48.0 Å². The van der Waals surface area contributed by atoms with Gasteiger partial charge in [0.1, 0.15) is 0 Å². The summed E-state index contributed by atoms with van der Waals surface area (Å²) in [6.07, 6.45) is 4.29. The van der Waals surface area contributed by atoms with Crippen LogP contribution < -0.4 is 11.1 Å². The van der Waals surface area contributed by atoms with Crippen molar-refractivity contribution in [3.8, 4) is 0 Å². The van der Waals surface area contributed by atoms with E-state index >= 15 is 0 Å². The summed E-state index contributed by atoms with van der Waals surface area (Å²) in [5.74, 6) is 0. The number of primary amides is 1. The first-order valence-electron chi connectivity index (χ1n) is 8.47. The molecule has 0 saturated carbocycles. The molecular formula is C19H25N3O. The van der Waals surface area contributed by atoms with Crippen molar-refractivity contribution in [1.82, 2.24) is 10.2 Å². The van der Waals surface area contributed by atoms with Gasteiger partial charge in [-0.2, -0.15) is 0 Å². The van der Waals surface area contributed by atoms with E-state index in [1.54, 1.807) is 0 Å². The summed E-state index contributed by atoms with van der Waals surface area (Å²) < 4.78 is 0. The van der Waals surface area contributed by atoms with E-state index in [1.807, 2.05) is 0 Å². The van der Waals surface area contributed by atoms with Gasteiger partial charge >= 0.3 is 6.03 Å². The molecule has 1 aliphatic rings. The van der Waals surface area contributed by atoms with Crippen LogP contribution in [0.15, 0.2) is 42.5 Å². The maximum atomic E-state index is 10.9. The second-order valence-corrected chi connectivity index (χ2v) is 6.41. The fourth-order valence-electron chi connectivity index (χ4n) is 3.40. The standard InChI is InChI=1S/C19H25N3O/c20-19(23)21-18-9-12-22(13-10-18)11-3-4-15-7-8-16-5-1-2-6-17(16)14-15/h1-2,5-8,14,18H,3-4,9-13H2,(H3,20,21,23). The Balaban J connectivity index is 1.43. The molecule has 0 atom stereocenters. The Morgan fingerprint density at radius 3 is 2.61 bits per heavy atom. The number of piperidine rings is 1. The zero-order chi connectivity index (χ0) is 16.1. The van der Waals surface area contributed by atoms with Gasteiger partial charge in [-0.3, -0.25) is 0 Å². The van der Waals surface area contributed by atoms with E-state index in [0.717, 1.165) is 38.9 Å². The first-order chi connectivity index (χ1) is 11.2. The van der Waals surface area contributed by atoms with Crippen LogP contribution in [0.25, 0.3) is 10.8 Å². The molecule has 2 aromatic rings. The largest absolute Gasteiger partial charge is 0.352 e. The maximum Gasteiger partial charge on any atom is 0.312 e. The highest BCUT2D eigenvalue weighted by Crippen LogP contribution is 2.17. The normalized spacial score (nSPS) is 16.5. The lowest BCUT2D eigenvalue weighted by Gasteiger charge is -2.31. The number of hydrogen-bond acceptors (Lipinski definition) is 2. The molecule has 0 radical (unpaired) electrons. The van der Waals surface area contributed by atoms with Crippen LogP contribution in [0.5, 0.6) is 0 Å². The number of likely N-dealkylation sites (tertiary alicyclic amines) is 1. The molecule has 122 valence electrons. The van der Waals surface area contributed by atoms with Gasteiger partial charge in [0.05, 0.1) is 0 Å². The predicted molar refractivity (Wildman–Crippen MR) is 94.5 cm³/mol. The van der Waals surface area contributed by atoms with E-state index in [0.29, 0.717) is 0 Å². The van der Waals surface area contributed by atoms with Gasteiger partial charge in [0.25, 0.3) is 0 Å². The first kappa shape index (κ1) is 15.8. The minimum atomic E-state index is -0.403. The number of aryl methyl sites for hydroxylation is 1. The lowest BCUT2D eigenvalue weighted by atomic mass is 10.0. The molecule has 0 unspecified atom stereocenters. The molecule has 0 bridgehead atoms. The Morgan fingerprint density at radius 1 is 1.13 bits per heavy atom. The molecule has 2 amide bonds. The highest BCUT2D eigenvalue weighted by atomic mass is 16.2. The smallest absolute Gasteiger partial charge is 0.312 e. The minimum Gasteiger partial charge on any atom is -0.352 e.